The molecule has 0 radical (unpaired) electrons. The minimum Gasteiger partial charge on any atom is -0.356 e. The number of likely N-dealkylation sites (tertiary alicyclic amines) is 1. The SMILES string of the molecule is O=C(CCn1cnnc1)NCC1CCN(C(=O)C=Cc2ccccc2)CC1. The van der Waals surface area contributed by atoms with Crippen LogP contribution in [0.15, 0.2) is 49.1 Å². The molecule has 0 saturated carbocycles. The van der Waals surface area contributed by atoms with E-state index in [1.807, 2.05) is 41.3 Å². The average molecular weight is 367 g/mol. The molecule has 0 aliphatic carbocycles. The van der Waals surface area contributed by atoms with Gasteiger partial charge in [-0.05, 0) is 30.4 Å². The number of carbonyl (C=O) groups is 2. The predicted molar refractivity (Wildman–Crippen MR) is 102 cm³/mol. The second-order valence-corrected chi connectivity index (χ2v) is 6.77. The Morgan fingerprint density at radius 3 is 2.52 bits per heavy atom. The van der Waals surface area contributed by atoms with Crippen molar-refractivity contribution in [3.63, 3.8) is 0 Å². The molecule has 142 valence electrons. The molecule has 0 spiro atoms. The van der Waals surface area contributed by atoms with Crippen molar-refractivity contribution in [2.24, 2.45) is 5.92 Å². The van der Waals surface area contributed by atoms with Crippen molar-refractivity contribution in [3.05, 3.63) is 54.6 Å². The van der Waals surface area contributed by atoms with Crippen LogP contribution in [0.5, 0.6) is 0 Å². The van der Waals surface area contributed by atoms with Crippen molar-refractivity contribution in [1.29, 1.82) is 0 Å². The highest BCUT2D eigenvalue weighted by Gasteiger charge is 2.21. The highest BCUT2D eigenvalue weighted by Crippen LogP contribution is 2.17. The van der Waals surface area contributed by atoms with Gasteiger partial charge in [-0.25, -0.2) is 0 Å². The average Bonchev–Trinajstić information content (AvgIpc) is 3.24. The van der Waals surface area contributed by atoms with Gasteiger partial charge in [0.1, 0.15) is 12.7 Å². The summed E-state index contributed by atoms with van der Waals surface area (Å²) in [7, 11) is 0. The molecule has 7 heteroatoms. The van der Waals surface area contributed by atoms with Crippen LogP contribution in [0.1, 0.15) is 24.8 Å². The van der Waals surface area contributed by atoms with Crippen LogP contribution in [0.25, 0.3) is 6.08 Å². The van der Waals surface area contributed by atoms with E-state index < -0.39 is 0 Å². The topological polar surface area (TPSA) is 80.1 Å². The smallest absolute Gasteiger partial charge is 0.246 e. The molecule has 0 bridgehead atoms. The van der Waals surface area contributed by atoms with Gasteiger partial charge in [-0.15, -0.1) is 10.2 Å². The highest BCUT2D eigenvalue weighted by molar-refractivity contribution is 5.91. The zero-order valence-corrected chi connectivity index (χ0v) is 15.3. The maximum atomic E-state index is 12.3. The van der Waals surface area contributed by atoms with Crippen molar-refractivity contribution in [2.45, 2.75) is 25.8 Å². The van der Waals surface area contributed by atoms with Crippen LogP contribution in [0.2, 0.25) is 0 Å². The molecule has 2 amide bonds. The standard InChI is InChI=1S/C20H25N5O2/c26-19(10-11-24-15-22-23-16-24)21-14-18-8-12-25(13-9-18)20(27)7-6-17-4-2-1-3-5-17/h1-7,15-16,18H,8-14H2,(H,21,26). The van der Waals surface area contributed by atoms with Crippen LogP contribution >= 0.6 is 0 Å². The lowest BCUT2D eigenvalue weighted by atomic mass is 9.96. The van der Waals surface area contributed by atoms with Gasteiger partial charge in [-0.2, -0.15) is 0 Å². The van der Waals surface area contributed by atoms with E-state index in [9.17, 15) is 9.59 Å². The number of carbonyl (C=O) groups excluding carboxylic acids is 2. The minimum atomic E-state index is 0.0352. The van der Waals surface area contributed by atoms with Crippen LogP contribution in [-0.4, -0.2) is 51.1 Å². The second-order valence-electron chi connectivity index (χ2n) is 6.77. The van der Waals surface area contributed by atoms with Gasteiger partial charge < -0.3 is 14.8 Å². The fraction of sp³-hybridized carbons (Fsp3) is 0.400. The lowest BCUT2D eigenvalue weighted by molar-refractivity contribution is -0.127. The van der Waals surface area contributed by atoms with Crippen LogP contribution in [0.4, 0.5) is 0 Å². The van der Waals surface area contributed by atoms with Gasteiger partial charge in [0.2, 0.25) is 11.8 Å². The van der Waals surface area contributed by atoms with Crippen molar-refractivity contribution >= 4 is 17.9 Å². The molecule has 7 nitrogen and oxygen atoms in total. The van der Waals surface area contributed by atoms with Gasteiger partial charge in [-0.1, -0.05) is 30.3 Å². The second kappa shape index (κ2) is 9.66. The Morgan fingerprint density at radius 1 is 1.11 bits per heavy atom. The number of aryl methyl sites for hydroxylation is 1. The third-order valence-electron chi connectivity index (χ3n) is 4.80. The number of aromatic nitrogens is 3. The van der Waals surface area contributed by atoms with Crippen LogP contribution in [0.3, 0.4) is 0 Å². The Morgan fingerprint density at radius 2 is 1.81 bits per heavy atom. The lowest BCUT2D eigenvalue weighted by Crippen LogP contribution is -2.41. The Hall–Kier alpha value is -2.96. The summed E-state index contributed by atoms with van der Waals surface area (Å²) in [5, 5.41) is 10.4. The van der Waals surface area contributed by atoms with Gasteiger partial charge in [0.05, 0.1) is 0 Å². The fourth-order valence-corrected chi connectivity index (χ4v) is 3.11. The summed E-state index contributed by atoms with van der Waals surface area (Å²) >= 11 is 0. The number of benzene rings is 1. The summed E-state index contributed by atoms with van der Waals surface area (Å²) in [5.74, 6) is 0.509. The molecule has 27 heavy (non-hydrogen) atoms. The predicted octanol–water partition coefficient (Wildman–Crippen LogP) is 1.74. The number of nitrogens with zero attached hydrogens (tertiary/aromatic N) is 4. The van der Waals surface area contributed by atoms with Gasteiger partial charge >= 0.3 is 0 Å². The van der Waals surface area contributed by atoms with E-state index in [0.717, 1.165) is 31.5 Å². The fourth-order valence-electron chi connectivity index (χ4n) is 3.11. The molecule has 1 aromatic carbocycles. The van der Waals surface area contributed by atoms with Crippen molar-refractivity contribution < 1.29 is 9.59 Å². The summed E-state index contributed by atoms with van der Waals surface area (Å²) in [6, 6.07) is 9.81. The zero-order valence-electron chi connectivity index (χ0n) is 15.3. The molecule has 1 aliphatic rings. The molecule has 1 aliphatic heterocycles. The summed E-state index contributed by atoms with van der Waals surface area (Å²) in [5.41, 5.74) is 1.02. The molecule has 0 unspecified atom stereocenters. The molecule has 1 saturated heterocycles. The van der Waals surface area contributed by atoms with Crippen molar-refractivity contribution in [1.82, 2.24) is 25.0 Å². The lowest BCUT2D eigenvalue weighted by Gasteiger charge is -2.31. The summed E-state index contributed by atoms with van der Waals surface area (Å²) in [4.78, 5) is 26.1. The summed E-state index contributed by atoms with van der Waals surface area (Å²) in [6.45, 7) is 2.72. The number of rotatable bonds is 7. The maximum absolute atomic E-state index is 12.3. The van der Waals surface area contributed by atoms with Crippen LogP contribution in [-0.2, 0) is 16.1 Å². The van der Waals surface area contributed by atoms with Crippen LogP contribution < -0.4 is 5.32 Å². The summed E-state index contributed by atoms with van der Waals surface area (Å²) in [6.07, 6.45) is 8.94. The minimum absolute atomic E-state index is 0.0352. The van der Waals surface area contributed by atoms with Gasteiger partial charge in [0, 0.05) is 38.7 Å². The Kier molecular flexibility index (Phi) is 6.73. The first-order chi connectivity index (χ1) is 13.2. The van der Waals surface area contributed by atoms with E-state index in [1.165, 1.54) is 0 Å². The van der Waals surface area contributed by atoms with E-state index >= 15 is 0 Å². The van der Waals surface area contributed by atoms with Gasteiger partial charge in [-0.3, -0.25) is 9.59 Å². The molecule has 2 aromatic rings. The monoisotopic (exact) mass is 367 g/mol. The zero-order chi connectivity index (χ0) is 18.9. The molecule has 2 heterocycles. The van der Waals surface area contributed by atoms with Crippen molar-refractivity contribution in [2.75, 3.05) is 19.6 Å². The Balaban J connectivity index is 1.34. The Bertz CT molecular complexity index is 750. The third-order valence-corrected chi connectivity index (χ3v) is 4.80. The molecule has 0 atom stereocenters. The molecule has 1 fully saturated rings. The number of piperidine rings is 1. The first-order valence-electron chi connectivity index (χ1n) is 9.32. The molecular formula is C20H25N5O2. The molecule has 1 aromatic heterocycles. The van der Waals surface area contributed by atoms with Crippen LogP contribution in [0, 0.1) is 5.92 Å². The van der Waals surface area contributed by atoms with E-state index in [4.69, 9.17) is 0 Å². The van der Waals surface area contributed by atoms with E-state index in [0.29, 0.717) is 25.4 Å². The number of hydrogen-bond donors (Lipinski definition) is 1. The van der Waals surface area contributed by atoms with Gasteiger partial charge in [0.25, 0.3) is 0 Å². The van der Waals surface area contributed by atoms with E-state index in [2.05, 4.69) is 15.5 Å². The molecule has 3 rings (SSSR count). The van der Waals surface area contributed by atoms with Crippen molar-refractivity contribution in [3.8, 4) is 0 Å². The van der Waals surface area contributed by atoms with Gasteiger partial charge in [0.15, 0.2) is 0 Å². The molecular weight excluding hydrogens is 342 g/mol. The third kappa shape index (κ3) is 6.06. The number of nitrogens with one attached hydrogen (secondary N) is 1. The number of amides is 2. The largest absolute Gasteiger partial charge is 0.356 e. The van der Waals surface area contributed by atoms with E-state index in [1.54, 1.807) is 23.3 Å². The normalized spacial score (nSPS) is 15.2. The first kappa shape index (κ1) is 18.8. The van der Waals surface area contributed by atoms with E-state index in [-0.39, 0.29) is 11.8 Å². The maximum Gasteiger partial charge on any atom is 0.246 e. The quantitative estimate of drug-likeness (QED) is 0.756. The number of hydrogen-bond acceptors (Lipinski definition) is 4. The first-order valence-corrected chi connectivity index (χ1v) is 9.32. The highest BCUT2D eigenvalue weighted by atomic mass is 16.2. The summed E-state index contributed by atoms with van der Waals surface area (Å²) < 4.78 is 1.78. The Labute approximate surface area is 159 Å². The molecule has 1 N–H and O–H groups in total.